The summed E-state index contributed by atoms with van der Waals surface area (Å²) in [6, 6.07) is 15.9. The van der Waals surface area contributed by atoms with Crippen molar-refractivity contribution in [1.29, 1.82) is 0 Å². The van der Waals surface area contributed by atoms with Crippen molar-refractivity contribution in [3.8, 4) is 5.75 Å². The molecular weight excluding hydrogens is 522 g/mol. The molecule has 6 atom stereocenters. The minimum atomic E-state index is -1.09. The Morgan fingerprint density at radius 1 is 1.07 bits per heavy atom. The van der Waals surface area contributed by atoms with Crippen LogP contribution < -0.4 is 15.4 Å². The van der Waals surface area contributed by atoms with Crippen molar-refractivity contribution in [3.63, 3.8) is 0 Å². The lowest BCUT2D eigenvalue weighted by Gasteiger charge is -2.36. The second-order valence-electron chi connectivity index (χ2n) is 11.7. The lowest BCUT2D eigenvalue weighted by atomic mass is 9.62. The van der Waals surface area contributed by atoms with Gasteiger partial charge in [-0.15, -0.1) is 0 Å². The van der Waals surface area contributed by atoms with Gasteiger partial charge in [-0.25, -0.2) is 0 Å². The number of unbranched alkanes of at least 4 members (excludes halogenated alkanes) is 2. The highest BCUT2D eigenvalue weighted by molar-refractivity contribution is 6.02. The second kappa shape index (κ2) is 11.8. The molecular formula is C32H41N3O6. The predicted octanol–water partition coefficient (Wildman–Crippen LogP) is 3.51. The molecule has 5 rings (SSSR count). The summed E-state index contributed by atoms with van der Waals surface area (Å²) in [4.78, 5) is 43.7. The molecule has 2 aromatic rings. The van der Waals surface area contributed by atoms with Crippen molar-refractivity contribution in [2.45, 2.75) is 70.2 Å². The van der Waals surface area contributed by atoms with E-state index in [1.54, 1.807) is 29.2 Å². The van der Waals surface area contributed by atoms with Crippen LogP contribution in [0.3, 0.4) is 0 Å². The van der Waals surface area contributed by atoms with Crippen LogP contribution >= 0.6 is 0 Å². The number of ether oxygens (including phenoxy) is 2. The number of nitrogens with zero attached hydrogens (tertiary/aromatic N) is 1. The van der Waals surface area contributed by atoms with Gasteiger partial charge >= 0.3 is 0 Å². The van der Waals surface area contributed by atoms with Gasteiger partial charge in [-0.1, -0.05) is 37.3 Å². The lowest BCUT2D eigenvalue weighted by Crippen LogP contribution is -2.55. The van der Waals surface area contributed by atoms with Crippen LogP contribution in [-0.4, -0.2) is 64.7 Å². The number of rotatable bonds is 12. The number of carbonyl (C=O) groups is 3. The standard InChI is InChI=1S/C32H41N3O6/c1-4-40-24-15-13-23(14-16-24)34-28(37)25-26-30(39)35(17-9-6-10-18-36)27(32(26)19-21(2)31(25,3)41-32)29(38)33-20-22-11-7-5-8-12-22/h5,7-8,11-16,21,25-27,36H,4,6,9-10,17-20H2,1-3H3,(H,33,38)(H,34,37)/t21?,25-,26-,27?,31+,32?/m0/s1. The SMILES string of the molecule is CCOc1ccc(NC(=O)[C@@H]2[C@H]3C(=O)N(CCCCCO)C(C(=O)NCc4ccccc4)C34CC(C)[C@@]2(C)O4)cc1. The molecule has 3 saturated heterocycles. The van der Waals surface area contributed by atoms with E-state index in [0.717, 1.165) is 12.0 Å². The van der Waals surface area contributed by atoms with Crippen molar-refractivity contribution >= 4 is 23.4 Å². The molecule has 2 aromatic carbocycles. The molecule has 3 unspecified atom stereocenters. The molecule has 41 heavy (non-hydrogen) atoms. The molecule has 3 aliphatic rings. The molecule has 3 amide bonds. The number of carbonyl (C=O) groups excluding carboxylic acids is 3. The normalized spacial score (nSPS) is 29.9. The Bertz CT molecular complexity index is 1250. The summed E-state index contributed by atoms with van der Waals surface area (Å²) < 4.78 is 12.3. The predicted molar refractivity (Wildman–Crippen MR) is 154 cm³/mol. The Hall–Kier alpha value is -3.43. The van der Waals surface area contributed by atoms with Gasteiger partial charge in [0.2, 0.25) is 17.7 Å². The summed E-state index contributed by atoms with van der Waals surface area (Å²) in [5.41, 5.74) is -0.422. The molecule has 3 aliphatic heterocycles. The first-order valence-electron chi connectivity index (χ1n) is 14.7. The van der Waals surface area contributed by atoms with Gasteiger partial charge in [0.15, 0.2) is 0 Å². The average Bonchev–Trinajstić information content (AvgIpc) is 3.48. The van der Waals surface area contributed by atoms with Gasteiger partial charge in [-0.05, 0) is 75.3 Å². The minimum absolute atomic E-state index is 0.0404. The number of anilines is 1. The summed E-state index contributed by atoms with van der Waals surface area (Å²) >= 11 is 0. The molecule has 9 heteroatoms. The van der Waals surface area contributed by atoms with Gasteiger partial charge in [0, 0.05) is 25.4 Å². The zero-order chi connectivity index (χ0) is 29.2. The molecule has 9 nitrogen and oxygen atoms in total. The smallest absolute Gasteiger partial charge is 0.246 e. The molecule has 1 spiro atoms. The zero-order valence-corrected chi connectivity index (χ0v) is 24.1. The number of nitrogens with one attached hydrogen (secondary N) is 2. The highest BCUT2D eigenvalue weighted by Gasteiger charge is 2.79. The summed E-state index contributed by atoms with van der Waals surface area (Å²) in [5.74, 6) is -1.61. The van der Waals surface area contributed by atoms with Gasteiger partial charge in [0.1, 0.15) is 17.4 Å². The highest BCUT2D eigenvalue weighted by atomic mass is 16.5. The van der Waals surface area contributed by atoms with E-state index < -0.39 is 29.1 Å². The number of benzene rings is 2. The topological polar surface area (TPSA) is 117 Å². The molecule has 0 aromatic heterocycles. The first-order chi connectivity index (χ1) is 19.7. The first-order valence-corrected chi connectivity index (χ1v) is 14.7. The van der Waals surface area contributed by atoms with Crippen LogP contribution in [0, 0.1) is 17.8 Å². The van der Waals surface area contributed by atoms with Crippen LogP contribution in [0.2, 0.25) is 0 Å². The Morgan fingerprint density at radius 2 is 1.80 bits per heavy atom. The van der Waals surface area contributed by atoms with E-state index in [9.17, 15) is 19.5 Å². The Morgan fingerprint density at radius 3 is 2.49 bits per heavy atom. The molecule has 0 saturated carbocycles. The second-order valence-corrected chi connectivity index (χ2v) is 11.7. The summed E-state index contributed by atoms with van der Waals surface area (Å²) in [6.07, 6.45) is 2.52. The quantitative estimate of drug-likeness (QED) is 0.340. The van der Waals surface area contributed by atoms with E-state index in [-0.39, 0.29) is 30.2 Å². The number of aliphatic hydroxyl groups excluding tert-OH is 1. The molecule has 3 fully saturated rings. The van der Waals surface area contributed by atoms with Gasteiger partial charge < -0.3 is 30.1 Å². The molecule has 2 bridgehead atoms. The summed E-state index contributed by atoms with van der Waals surface area (Å²) in [5, 5.41) is 15.3. The van der Waals surface area contributed by atoms with Gasteiger partial charge in [-0.3, -0.25) is 14.4 Å². The number of amides is 3. The van der Waals surface area contributed by atoms with Crippen molar-refractivity contribution < 1.29 is 29.0 Å². The van der Waals surface area contributed by atoms with E-state index >= 15 is 0 Å². The fourth-order valence-corrected chi connectivity index (χ4v) is 7.15. The molecule has 3 heterocycles. The van der Waals surface area contributed by atoms with Crippen molar-refractivity contribution in [1.82, 2.24) is 10.2 Å². The van der Waals surface area contributed by atoms with Crippen LogP contribution in [0.1, 0.15) is 52.0 Å². The van der Waals surface area contributed by atoms with E-state index in [4.69, 9.17) is 9.47 Å². The minimum Gasteiger partial charge on any atom is -0.494 e. The molecule has 3 N–H and O–H groups in total. The third-order valence-electron chi connectivity index (χ3n) is 9.14. The highest BCUT2D eigenvalue weighted by Crippen LogP contribution is 2.65. The van der Waals surface area contributed by atoms with Crippen LogP contribution in [-0.2, 0) is 25.7 Å². The Balaban J connectivity index is 1.43. The molecule has 220 valence electrons. The van der Waals surface area contributed by atoms with Gasteiger partial charge in [0.25, 0.3) is 0 Å². The third-order valence-corrected chi connectivity index (χ3v) is 9.14. The maximum Gasteiger partial charge on any atom is 0.246 e. The van der Waals surface area contributed by atoms with Crippen LogP contribution in [0.5, 0.6) is 5.75 Å². The number of aliphatic hydroxyl groups is 1. The fourth-order valence-electron chi connectivity index (χ4n) is 7.15. The van der Waals surface area contributed by atoms with E-state index in [1.807, 2.05) is 51.1 Å². The third kappa shape index (κ3) is 5.21. The number of likely N-dealkylation sites (tertiary alicyclic amines) is 1. The van der Waals surface area contributed by atoms with Crippen LogP contribution in [0.25, 0.3) is 0 Å². The fraction of sp³-hybridized carbons (Fsp3) is 0.531. The van der Waals surface area contributed by atoms with Crippen molar-refractivity contribution in [2.24, 2.45) is 17.8 Å². The van der Waals surface area contributed by atoms with Crippen molar-refractivity contribution in [3.05, 3.63) is 60.2 Å². The Kier molecular flexibility index (Phi) is 8.38. The van der Waals surface area contributed by atoms with Gasteiger partial charge in [-0.2, -0.15) is 0 Å². The van der Waals surface area contributed by atoms with Crippen LogP contribution in [0.15, 0.2) is 54.6 Å². The van der Waals surface area contributed by atoms with E-state index in [2.05, 4.69) is 10.6 Å². The number of fused-ring (bicyclic) bond motifs is 1. The monoisotopic (exact) mass is 563 g/mol. The van der Waals surface area contributed by atoms with E-state index in [1.165, 1.54) is 0 Å². The molecule has 0 radical (unpaired) electrons. The lowest BCUT2D eigenvalue weighted by molar-refractivity contribution is -0.146. The summed E-state index contributed by atoms with van der Waals surface area (Å²) in [6.45, 7) is 7.17. The number of hydrogen-bond donors (Lipinski definition) is 3. The Labute approximate surface area is 241 Å². The maximum atomic E-state index is 14.2. The van der Waals surface area contributed by atoms with Crippen molar-refractivity contribution in [2.75, 3.05) is 25.1 Å². The van der Waals surface area contributed by atoms with E-state index in [0.29, 0.717) is 50.4 Å². The molecule has 0 aliphatic carbocycles. The van der Waals surface area contributed by atoms with Gasteiger partial charge in [0.05, 0.1) is 24.0 Å². The zero-order valence-electron chi connectivity index (χ0n) is 24.1. The largest absolute Gasteiger partial charge is 0.494 e. The first kappa shape index (κ1) is 29.1. The number of hydrogen-bond acceptors (Lipinski definition) is 6. The van der Waals surface area contributed by atoms with Crippen LogP contribution in [0.4, 0.5) is 5.69 Å². The summed E-state index contributed by atoms with van der Waals surface area (Å²) in [7, 11) is 0. The average molecular weight is 564 g/mol. The maximum absolute atomic E-state index is 14.2.